The van der Waals surface area contributed by atoms with E-state index in [0.717, 1.165) is 16.6 Å². The summed E-state index contributed by atoms with van der Waals surface area (Å²) in [4.78, 5) is 23.2. The number of amides is 1. The molecule has 9 nitrogen and oxygen atoms in total. The maximum atomic E-state index is 12.7. The molecule has 0 saturated heterocycles. The monoisotopic (exact) mass is 421 g/mol. The van der Waals surface area contributed by atoms with Crippen molar-refractivity contribution in [3.05, 3.63) is 58.1 Å². The van der Waals surface area contributed by atoms with E-state index in [4.69, 9.17) is 4.74 Å². The van der Waals surface area contributed by atoms with Crippen LogP contribution in [0.15, 0.2) is 42.5 Å². The molecule has 0 aliphatic carbocycles. The highest BCUT2D eigenvalue weighted by molar-refractivity contribution is 7.92. The molecule has 0 heterocycles. The van der Waals surface area contributed by atoms with E-state index in [1.165, 1.54) is 19.1 Å². The Kier molecular flexibility index (Phi) is 6.80. The third-order valence-corrected chi connectivity index (χ3v) is 5.39. The van der Waals surface area contributed by atoms with Crippen LogP contribution < -0.4 is 14.4 Å². The van der Waals surface area contributed by atoms with Gasteiger partial charge in [0.15, 0.2) is 0 Å². The standard InChI is InChI=1S/C19H23N3O6S/c1-5-28-17-10-7-15(8-11-17)20-19(23)14(3)21(29(4,26)27)18-12-16(22(24)25)9-6-13(18)2/h6-12,14H,5H2,1-4H3,(H,20,23)/t14-/m0/s1. The first kappa shape index (κ1) is 22.2. The molecule has 0 aliphatic heterocycles. The number of rotatable bonds is 8. The highest BCUT2D eigenvalue weighted by Gasteiger charge is 2.31. The first-order valence-corrected chi connectivity index (χ1v) is 10.7. The van der Waals surface area contributed by atoms with E-state index in [9.17, 15) is 23.3 Å². The molecule has 2 rings (SSSR count). The van der Waals surface area contributed by atoms with Crippen LogP contribution in [0.2, 0.25) is 0 Å². The van der Waals surface area contributed by atoms with Gasteiger partial charge in [-0.2, -0.15) is 0 Å². The molecular formula is C19H23N3O6S. The maximum Gasteiger partial charge on any atom is 0.271 e. The Morgan fingerprint density at radius 3 is 2.38 bits per heavy atom. The van der Waals surface area contributed by atoms with Gasteiger partial charge in [0.2, 0.25) is 15.9 Å². The normalized spacial score (nSPS) is 12.1. The topological polar surface area (TPSA) is 119 Å². The summed E-state index contributed by atoms with van der Waals surface area (Å²) in [6, 6.07) is 9.38. The quantitative estimate of drug-likeness (QED) is 0.517. The van der Waals surface area contributed by atoms with E-state index in [1.54, 1.807) is 31.2 Å². The number of nitro benzene ring substituents is 1. The van der Waals surface area contributed by atoms with Crippen molar-refractivity contribution in [2.24, 2.45) is 0 Å². The fourth-order valence-corrected chi connectivity index (χ4v) is 4.00. The molecule has 0 aromatic heterocycles. The number of sulfonamides is 1. The van der Waals surface area contributed by atoms with E-state index < -0.39 is 26.9 Å². The minimum absolute atomic E-state index is 0.0797. The molecule has 29 heavy (non-hydrogen) atoms. The van der Waals surface area contributed by atoms with Crippen LogP contribution in [0.1, 0.15) is 19.4 Å². The lowest BCUT2D eigenvalue weighted by Crippen LogP contribution is -2.45. The van der Waals surface area contributed by atoms with Crippen LogP contribution in [0.3, 0.4) is 0 Å². The highest BCUT2D eigenvalue weighted by Crippen LogP contribution is 2.29. The molecule has 0 saturated carbocycles. The summed E-state index contributed by atoms with van der Waals surface area (Å²) in [5, 5.41) is 13.8. The van der Waals surface area contributed by atoms with Gasteiger partial charge in [-0.05, 0) is 50.6 Å². The van der Waals surface area contributed by atoms with Crippen LogP contribution in [0.4, 0.5) is 17.1 Å². The van der Waals surface area contributed by atoms with Crippen molar-refractivity contribution in [2.75, 3.05) is 22.5 Å². The van der Waals surface area contributed by atoms with Crippen molar-refractivity contribution in [3.8, 4) is 5.75 Å². The average Bonchev–Trinajstić information content (AvgIpc) is 2.63. The molecular weight excluding hydrogens is 398 g/mol. The predicted molar refractivity (Wildman–Crippen MR) is 111 cm³/mol. The van der Waals surface area contributed by atoms with E-state index in [2.05, 4.69) is 5.32 Å². The number of nitrogens with zero attached hydrogens (tertiary/aromatic N) is 2. The lowest BCUT2D eigenvalue weighted by molar-refractivity contribution is -0.384. The van der Waals surface area contributed by atoms with Gasteiger partial charge in [-0.15, -0.1) is 0 Å². The third-order valence-electron chi connectivity index (χ3n) is 4.16. The molecule has 0 aliphatic rings. The molecule has 1 amide bonds. The Morgan fingerprint density at radius 2 is 1.86 bits per heavy atom. The van der Waals surface area contributed by atoms with Crippen molar-refractivity contribution in [1.29, 1.82) is 0 Å². The van der Waals surface area contributed by atoms with Crippen LogP contribution in [0.25, 0.3) is 0 Å². The van der Waals surface area contributed by atoms with Crippen molar-refractivity contribution in [3.63, 3.8) is 0 Å². The van der Waals surface area contributed by atoms with Gasteiger partial charge in [-0.3, -0.25) is 19.2 Å². The van der Waals surface area contributed by atoms with Gasteiger partial charge in [-0.25, -0.2) is 8.42 Å². The zero-order valence-electron chi connectivity index (χ0n) is 16.6. The Balaban J connectivity index is 2.34. The van der Waals surface area contributed by atoms with Gasteiger partial charge in [0.25, 0.3) is 5.69 Å². The predicted octanol–water partition coefficient (Wildman–Crippen LogP) is 3.10. The SMILES string of the molecule is CCOc1ccc(NC(=O)[C@H](C)N(c2cc([N+](=O)[O-])ccc2C)S(C)(=O)=O)cc1. The molecule has 0 radical (unpaired) electrons. The van der Waals surface area contributed by atoms with Gasteiger partial charge < -0.3 is 10.1 Å². The van der Waals surface area contributed by atoms with Crippen LogP contribution in [-0.2, 0) is 14.8 Å². The van der Waals surface area contributed by atoms with Gasteiger partial charge >= 0.3 is 0 Å². The van der Waals surface area contributed by atoms with E-state index in [1.807, 2.05) is 6.92 Å². The number of hydrogen-bond donors (Lipinski definition) is 1. The molecule has 0 unspecified atom stereocenters. The number of nitrogens with one attached hydrogen (secondary N) is 1. The minimum Gasteiger partial charge on any atom is -0.494 e. The number of anilines is 2. The maximum absolute atomic E-state index is 12.7. The Labute approximate surface area is 169 Å². The van der Waals surface area contributed by atoms with E-state index in [-0.39, 0.29) is 11.4 Å². The number of ether oxygens (including phenoxy) is 1. The number of aryl methyl sites for hydroxylation is 1. The minimum atomic E-state index is -3.90. The van der Waals surface area contributed by atoms with Crippen molar-refractivity contribution in [1.82, 2.24) is 0 Å². The second-order valence-corrected chi connectivity index (χ2v) is 8.27. The first-order valence-electron chi connectivity index (χ1n) is 8.82. The summed E-state index contributed by atoms with van der Waals surface area (Å²) in [7, 11) is -3.90. The Hall–Kier alpha value is -3.14. The summed E-state index contributed by atoms with van der Waals surface area (Å²) in [6.45, 7) is 5.40. The molecule has 2 aromatic carbocycles. The molecule has 156 valence electrons. The summed E-state index contributed by atoms with van der Waals surface area (Å²) in [6.07, 6.45) is 0.950. The number of carbonyl (C=O) groups is 1. The average molecular weight is 421 g/mol. The van der Waals surface area contributed by atoms with Crippen LogP contribution in [0, 0.1) is 17.0 Å². The zero-order chi connectivity index (χ0) is 21.8. The molecule has 1 atom stereocenters. The second kappa shape index (κ2) is 8.91. The van der Waals surface area contributed by atoms with Crippen LogP contribution >= 0.6 is 0 Å². The number of nitro groups is 1. The zero-order valence-corrected chi connectivity index (χ0v) is 17.4. The van der Waals surface area contributed by atoms with Gasteiger partial charge in [0.1, 0.15) is 11.8 Å². The van der Waals surface area contributed by atoms with Crippen LogP contribution in [0.5, 0.6) is 5.75 Å². The summed E-state index contributed by atoms with van der Waals surface area (Å²) in [5.74, 6) is 0.0639. The fourth-order valence-electron chi connectivity index (χ4n) is 2.78. The van der Waals surface area contributed by atoms with Crippen molar-refractivity contribution < 1.29 is 22.9 Å². The van der Waals surface area contributed by atoms with Crippen molar-refractivity contribution in [2.45, 2.75) is 26.8 Å². The first-order chi connectivity index (χ1) is 13.5. The molecule has 0 bridgehead atoms. The molecule has 1 N–H and O–H groups in total. The number of hydrogen-bond acceptors (Lipinski definition) is 6. The largest absolute Gasteiger partial charge is 0.494 e. The number of carbonyl (C=O) groups excluding carboxylic acids is 1. The molecule has 0 spiro atoms. The smallest absolute Gasteiger partial charge is 0.271 e. The molecule has 2 aromatic rings. The van der Waals surface area contributed by atoms with Gasteiger partial charge in [0.05, 0.1) is 23.5 Å². The second-order valence-electron chi connectivity index (χ2n) is 6.41. The lowest BCUT2D eigenvalue weighted by Gasteiger charge is -2.29. The van der Waals surface area contributed by atoms with Gasteiger partial charge in [0, 0.05) is 17.8 Å². The Bertz CT molecular complexity index is 1010. The Morgan fingerprint density at radius 1 is 1.24 bits per heavy atom. The van der Waals surface area contributed by atoms with Gasteiger partial charge in [-0.1, -0.05) is 6.07 Å². The highest BCUT2D eigenvalue weighted by atomic mass is 32.2. The lowest BCUT2D eigenvalue weighted by atomic mass is 10.1. The third kappa shape index (κ3) is 5.44. The summed E-state index contributed by atoms with van der Waals surface area (Å²) >= 11 is 0. The molecule has 10 heteroatoms. The number of benzene rings is 2. The van der Waals surface area contributed by atoms with E-state index in [0.29, 0.717) is 23.6 Å². The van der Waals surface area contributed by atoms with Crippen LogP contribution in [-0.4, -0.2) is 38.2 Å². The number of non-ortho nitro benzene ring substituents is 1. The fraction of sp³-hybridized carbons (Fsp3) is 0.316. The molecule has 0 fully saturated rings. The van der Waals surface area contributed by atoms with Crippen molar-refractivity contribution >= 4 is 33.0 Å². The summed E-state index contributed by atoms with van der Waals surface area (Å²) < 4.78 is 31.1. The van der Waals surface area contributed by atoms with E-state index >= 15 is 0 Å². The summed E-state index contributed by atoms with van der Waals surface area (Å²) in [5.41, 5.74) is 0.769.